The lowest BCUT2D eigenvalue weighted by atomic mass is 10.2. The van der Waals surface area contributed by atoms with Gasteiger partial charge in [-0.25, -0.2) is 9.97 Å². The predicted octanol–water partition coefficient (Wildman–Crippen LogP) is 0.627. The monoisotopic (exact) mass is 247 g/mol. The second kappa shape index (κ2) is 4.44. The summed E-state index contributed by atoms with van der Waals surface area (Å²) in [5.74, 6) is 2.71. The van der Waals surface area contributed by atoms with Gasteiger partial charge in [-0.15, -0.1) is 0 Å². The van der Waals surface area contributed by atoms with E-state index in [9.17, 15) is 4.79 Å². The van der Waals surface area contributed by atoms with Crippen molar-refractivity contribution in [2.75, 3.05) is 17.6 Å². The number of nitrogens with one attached hydrogen (secondary N) is 2. The number of nitrogens with two attached hydrogens (primary N) is 1. The molecule has 1 saturated carbocycles. The SMILES string of the molecule is Nc1cc(NCC2CCC(=O)N2)nc(C2CC2)n1. The fourth-order valence-corrected chi connectivity index (χ4v) is 2.16. The van der Waals surface area contributed by atoms with Gasteiger partial charge in [-0.3, -0.25) is 4.79 Å². The number of carbonyl (C=O) groups excluding carboxylic acids is 1. The molecule has 1 unspecified atom stereocenters. The fourth-order valence-electron chi connectivity index (χ4n) is 2.16. The molecule has 0 bridgehead atoms. The highest BCUT2D eigenvalue weighted by Gasteiger charge is 2.27. The first kappa shape index (κ1) is 11.3. The number of rotatable bonds is 4. The van der Waals surface area contributed by atoms with Crippen LogP contribution in [0, 0.1) is 0 Å². The highest BCUT2D eigenvalue weighted by molar-refractivity contribution is 5.78. The minimum Gasteiger partial charge on any atom is -0.384 e. The van der Waals surface area contributed by atoms with Crippen molar-refractivity contribution >= 4 is 17.5 Å². The van der Waals surface area contributed by atoms with Gasteiger partial charge >= 0.3 is 0 Å². The Labute approximate surface area is 105 Å². The molecule has 18 heavy (non-hydrogen) atoms. The molecule has 2 aliphatic rings. The van der Waals surface area contributed by atoms with Crippen LogP contribution in [0.5, 0.6) is 0 Å². The second-order valence-electron chi connectivity index (χ2n) is 4.99. The largest absolute Gasteiger partial charge is 0.384 e. The molecule has 1 atom stereocenters. The van der Waals surface area contributed by atoms with Gasteiger partial charge in [0, 0.05) is 31.0 Å². The van der Waals surface area contributed by atoms with Gasteiger partial charge in [-0.05, 0) is 19.3 Å². The Morgan fingerprint density at radius 3 is 2.89 bits per heavy atom. The first-order chi connectivity index (χ1) is 8.70. The van der Waals surface area contributed by atoms with Crippen molar-refractivity contribution in [3.63, 3.8) is 0 Å². The fraction of sp³-hybridized carbons (Fsp3) is 0.583. The van der Waals surface area contributed by atoms with Crippen molar-refractivity contribution in [2.45, 2.75) is 37.6 Å². The van der Waals surface area contributed by atoms with E-state index < -0.39 is 0 Å². The van der Waals surface area contributed by atoms with Crippen molar-refractivity contribution in [3.05, 3.63) is 11.9 Å². The van der Waals surface area contributed by atoms with Crippen molar-refractivity contribution in [3.8, 4) is 0 Å². The molecule has 0 aromatic carbocycles. The van der Waals surface area contributed by atoms with Crippen molar-refractivity contribution in [1.82, 2.24) is 15.3 Å². The summed E-state index contributed by atoms with van der Waals surface area (Å²) in [4.78, 5) is 19.8. The predicted molar refractivity (Wildman–Crippen MR) is 68.1 cm³/mol. The van der Waals surface area contributed by atoms with Crippen LogP contribution >= 0.6 is 0 Å². The Morgan fingerprint density at radius 1 is 1.39 bits per heavy atom. The second-order valence-corrected chi connectivity index (χ2v) is 4.99. The van der Waals surface area contributed by atoms with Gasteiger partial charge in [0.2, 0.25) is 5.91 Å². The molecule has 0 radical (unpaired) electrons. The van der Waals surface area contributed by atoms with Crippen molar-refractivity contribution < 1.29 is 4.79 Å². The third kappa shape index (κ3) is 2.52. The smallest absolute Gasteiger partial charge is 0.220 e. The Morgan fingerprint density at radius 2 is 2.22 bits per heavy atom. The Bertz CT molecular complexity index is 472. The minimum absolute atomic E-state index is 0.127. The maximum absolute atomic E-state index is 11.1. The van der Waals surface area contributed by atoms with Crippen LogP contribution in [-0.4, -0.2) is 28.5 Å². The maximum atomic E-state index is 11.1. The molecule has 1 aliphatic heterocycles. The molecule has 96 valence electrons. The summed E-state index contributed by atoms with van der Waals surface area (Å²) in [6.45, 7) is 0.687. The summed E-state index contributed by atoms with van der Waals surface area (Å²) in [5.41, 5.74) is 5.77. The van der Waals surface area contributed by atoms with Crippen LogP contribution in [0.4, 0.5) is 11.6 Å². The molecule has 1 aliphatic carbocycles. The summed E-state index contributed by atoms with van der Waals surface area (Å²) < 4.78 is 0. The summed E-state index contributed by atoms with van der Waals surface area (Å²) >= 11 is 0. The van der Waals surface area contributed by atoms with Gasteiger partial charge in [0.25, 0.3) is 0 Å². The van der Waals surface area contributed by atoms with E-state index in [-0.39, 0.29) is 11.9 Å². The maximum Gasteiger partial charge on any atom is 0.220 e. The van der Waals surface area contributed by atoms with E-state index in [1.807, 2.05) is 0 Å². The molecule has 3 rings (SSSR count). The minimum atomic E-state index is 0.127. The van der Waals surface area contributed by atoms with Gasteiger partial charge in [0.05, 0.1) is 0 Å². The molecule has 1 aromatic rings. The average molecular weight is 247 g/mol. The van der Waals surface area contributed by atoms with E-state index in [1.54, 1.807) is 6.07 Å². The molecule has 2 fully saturated rings. The lowest BCUT2D eigenvalue weighted by Crippen LogP contribution is -2.32. The quantitative estimate of drug-likeness (QED) is 0.725. The van der Waals surface area contributed by atoms with E-state index in [0.717, 1.165) is 30.9 Å². The highest BCUT2D eigenvalue weighted by atomic mass is 16.1. The van der Waals surface area contributed by atoms with Crippen LogP contribution in [0.25, 0.3) is 0 Å². The Hall–Kier alpha value is -1.85. The summed E-state index contributed by atoms with van der Waals surface area (Å²) in [6, 6.07) is 1.93. The molecule has 4 N–H and O–H groups in total. The number of aromatic nitrogens is 2. The van der Waals surface area contributed by atoms with Crippen molar-refractivity contribution in [2.24, 2.45) is 0 Å². The number of nitrogen functional groups attached to an aromatic ring is 1. The van der Waals surface area contributed by atoms with E-state index in [1.165, 1.54) is 0 Å². The van der Waals surface area contributed by atoms with E-state index in [2.05, 4.69) is 20.6 Å². The third-order valence-electron chi connectivity index (χ3n) is 3.32. The first-order valence-corrected chi connectivity index (χ1v) is 6.38. The zero-order chi connectivity index (χ0) is 12.5. The lowest BCUT2D eigenvalue weighted by Gasteiger charge is -2.12. The first-order valence-electron chi connectivity index (χ1n) is 6.38. The number of amides is 1. The average Bonchev–Trinajstić information content (AvgIpc) is 3.10. The number of anilines is 2. The standard InChI is InChI=1S/C12H17N5O/c13-9-5-10(17-12(16-9)7-1-2-7)14-6-8-3-4-11(18)15-8/h5,7-8H,1-4,6H2,(H,15,18)(H3,13,14,16,17). The van der Waals surface area contributed by atoms with Gasteiger partial charge < -0.3 is 16.4 Å². The topological polar surface area (TPSA) is 92.9 Å². The molecule has 6 heteroatoms. The number of carbonyl (C=O) groups is 1. The van der Waals surface area contributed by atoms with Gasteiger partial charge in [-0.1, -0.05) is 0 Å². The normalized spacial score (nSPS) is 22.9. The van der Waals surface area contributed by atoms with Crippen molar-refractivity contribution in [1.29, 1.82) is 0 Å². The Kier molecular flexibility index (Phi) is 2.77. The van der Waals surface area contributed by atoms with E-state index >= 15 is 0 Å². The molecular weight excluding hydrogens is 230 g/mol. The lowest BCUT2D eigenvalue weighted by molar-refractivity contribution is -0.119. The summed E-state index contributed by atoms with van der Waals surface area (Å²) in [5, 5.41) is 6.14. The number of hydrogen-bond donors (Lipinski definition) is 3. The third-order valence-corrected chi connectivity index (χ3v) is 3.32. The Balaban J connectivity index is 1.63. The van der Waals surface area contributed by atoms with Crippen LogP contribution in [0.15, 0.2) is 6.07 Å². The molecule has 1 amide bonds. The van der Waals surface area contributed by atoms with Gasteiger partial charge in [0.1, 0.15) is 17.5 Å². The van der Waals surface area contributed by atoms with E-state index in [0.29, 0.717) is 24.7 Å². The molecule has 6 nitrogen and oxygen atoms in total. The molecule has 1 saturated heterocycles. The van der Waals surface area contributed by atoms with E-state index in [4.69, 9.17) is 5.73 Å². The van der Waals surface area contributed by atoms with Gasteiger partial charge in [0.15, 0.2) is 0 Å². The molecular formula is C12H17N5O. The van der Waals surface area contributed by atoms with Gasteiger partial charge in [-0.2, -0.15) is 0 Å². The molecule has 1 aromatic heterocycles. The van der Waals surface area contributed by atoms with Crippen LogP contribution in [-0.2, 0) is 4.79 Å². The van der Waals surface area contributed by atoms with Crippen LogP contribution < -0.4 is 16.4 Å². The van der Waals surface area contributed by atoms with Crippen LogP contribution in [0.2, 0.25) is 0 Å². The van der Waals surface area contributed by atoms with Crippen LogP contribution in [0.1, 0.15) is 37.4 Å². The summed E-state index contributed by atoms with van der Waals surface area (Å²) in [6.07, 6.45) is 3.80. The number of nitrogens with zero attached hydrogens (tertiary/aromatic N) is 2. The summed E-state index contributed by atoms with van der Waals surface area (Å²) in [7, 11) is 0. The number of hydrogen-bond acceptors (Lipinski definition) is 5. The zero-order valence-corrected chi connectivity index (χ0v) is 10.1. The molecule has 2 heterocycles. The van der Waals surface area contributed by atoms with Crippen LogP contribution in [0.3, 0.4) is 0 Å². The molecule has 0 spiro atoms. The highest BCUT2D eigenvalue weighted by Crippen LogP contribution is 2.38. The zero-order valence-electron chi connectivity index (χ0n) is 10.1.